The van der Waals surface area contributed by atoms with Gasteiger partial charge >= 0.3 is 0 Å². The standard InChI is InChI=1S/C14H11BrF2O/c1-8-2-9(5-12(16)3-8)14(18)10-4-11(15)7-13(17)6-10/h2-7,14,18H,1H3. The van der Waals surface area contributed by atoms with Gasteiger partial charge in [-0.2, -0.15) is 0 Å². The summed E-state index contributed by atoms with van der Waals surface area (Å²) in [5.41, 5.74) is 1.50. The molecule has 0 saturated carbocycles. The fourth-order valence-corrected chi connectivity index (χ4v) is 2.33. The van der Waals surface area contributed by atoms with E-state index in [9.17, 15) is 13.9 Å². The third-order valence-corrected chi connectivity index (χ3v) is 3.04. The first-order chi connectivity index (χ1) is 8.45. The molecule has 0 amide bonds. The Morgan fingerprint density at radius 1 is 0.944 bits per heavy atom. The zero-order valence-electron chi connectivity index (χ0n) is 9.62. The van der Waals surface area contributed by atoms with Crippen LogP contribution >= 0.6 is 15.9 Å². The molecule has 1 unspecified atom stereocenters. The van der Waals surface area contributed by atoms with E-state index in [4.69, 9.17) is 0 Å². The van der Waals surface area contributed by atoms with E-state index in [1.807, 2.05) is 0 Å². The number of hydrogen-bond acceptors (Lipinski definition) is 1. The van der Waals surface area contributed by atoms with Crippen molar-refractivity contribution in [1.82, 2.24) is 0 Å². The summed E-state index contributed by atoms with van der Waals surface area (Å²) >= 11 is 3.16. The Labute approximate surface area is 112 Å². The van der Waals surface area contributed by atoms with Crippen LogP contribution in [-0.4, -0.2) is 5.11 Å². The van der Waals surface area contributed by atoms with Crippen LogP contribution < -0.4 is 0 Å². The molecule has 0 saturated heterocycles. The first-order valence-corrected chi connectivity index (χ1v) is 6.16. The van der Waals surface area contributed by atoms with Gasteiger partial charge in [-0.05, 0) is 53.9 Å². The van der Waals surface area contributed by atoms with E-state index in [1.165, 1.54) is 24.3 Å². The molecule has 4 heteroatoms. The molecule has 2 rings (SSSR count). The SMILES string of the molecule is Cc1cc(F)cc(C(O)c2cc(F)cc(Br)c2)c1. The lowest BCUT2D eigenvalue weighted by Crippen LogP contribution is -2.01. The first kappa shape index (κ1) is 13.2. The highest BCUT2D eigenvalue weighted by atomic mass is 79.9. The van der Waals surface area contributed by atoms with Crippen molar-refractivity contribution in [2.45, 2.75) is 13.0 Å². The molecule has 94 valence electrons. The summed E-state index contributed by atoms with van der Waals surface area (Å²) in [5, 5.41) is 10.1. The van der Waals surface area contributed by atoms with Crippen molar-refractivity contribution in [2.24, 2.45) is 0 Å². The van der Waals surface area contributed by atoms with Crippen molar-refractivity contribution in [3.8, 4) is 0 Å². The van der Waals surface area contributed by atoms with Gasteiger partial charge in [-0.25, -0.2) is 8.78 Å². The Morgan fingerprint density at radius 3 is 2.06 bits per heavy atom. The molecule has 0 radical (unpaired) electrons. The molecule has 0 heterocycles. The van der Waals surface area contributed by atoms with Gasteiger partial charge in [0.15, 0.2) is 0 Å². The quantitative estimate of drug-likeness (QED) is 0.884. The van der Waals surface area contributed by atoms with Crippen molar-refractivity contribution in [3.63, 3.8) is 0 Å². The summed E-state index contributed by atoms with van der Waals surface area (Å²) in [4.78, 5) is 0. The van der Waals surface area contributed by atoms with E-state index < -0.39 is 17.7 Å². The molecule has 0 aromatic heterocycles. The summed E-state index contributed by atoms with van der Waals surface area (Å²) in [7, 11) is 0. The van der Waals surface area contributed by atoms with Gasteiger partial charge in [0.2, 0.25) is 0 Å². The molecular weight excluding hydrogens is 302 g/mol. The molecule has 0 spiro atoms. The number of aryl methyl sites for hydroxylation is 1. The zero-order valence-corrected chi connectivity index (χ0v) is 11.2. The maximum absolute atomic E-state index is 13.3. The Hall–Kier alpha value is -1.26. The van der Waals surface area contributed by atoms with Gasteiger partial charge in [-0.1, -0.05) is 22.0 Å². The van der Waals surface area contributed by atoms with E-state index in [-0.39, 0.29) is 0 Å². The van der Waals surface area contributed by atoms with Crippen molar-refractivity contribution in [1.29, 1.82) is 0 Å². The topological polar surface area (TPSA) is 20.2 Å². The van der Waals surface area contributed by atoms with Gasteiger partial charge < -0.3 is 5.11 Å². The van der Waals surface area contributed by atoms with Crippen molar-refractivity contribution < 1.29 is 13.9 Å². The predicted molar refractivity (Wildman–Crippen MR) is 69.3 cm³/mol. The minimum Gasteiger partial charge on any atom is -0.384 e. The highest BCUT2D eigenvalue weighted by Gasteiger charge is 2.13. The van der Waals surface area contributed by atoms with Crippen LogP contribution in [0, 0.1) is 18.6 Å². The second-order valence-electron chi connectivity index (χ2n) is 4.17. The number of halogens is 3. The summed E-state index contributed by atoms with van der Waals surface area (Å²) in [6.07, 6.45) is -1.05. The lowest BCUT2D eigenvalue weighted by molar-refractivity contribution is 0.219. The maximum Gasteiger partial charge on any atom is 0.124 e. The number of aliphatic hydroxyl groups excluding tert-OH is 1. The number of hydrogen-bond donors (Lipinski definition) is 1. The van der Waals surface area contributed by atoms with Crippen LogP contribution in [0.4, 0.5) is 8.78 Å². The van der Waals surface area contributed by atoms with Crippen molar-refractivity contribution >= 4 is 15.9 Å². The summed E-state index contributed by atoms with van der Waals surface area (Å²) < 4.78 is 27.0. The Bertz CT molecular complexity index is 492. The predicted octanol–water partition coefficient (Wildman–Crippen LogP) is 4.12. The van der Waals surface area contributed by atoms with E-state index in [1.54, 1.807) is 19.1 Å². The van der Waals surface area contributed by atoms with Crippen LogP contribution in [0.3, 0.4) is 0 Å². The van der Waals surface area contributed by atoms with Gasteiger partial charge in [0.1, 0.15) is 17.7 Å². The van der Waals surface area contributed by atoms with Crippen LogP contribution in [-0.2, 0) is 0 Å². The molecule has 0 aliphatic rings. The molecule has 2 aromatic carbocycles. The molecule has 0 aliphatic carbocycles. The monoisotopic (exact) mass is 312 g/mol. The highest BCUT2D eigenvalue weighted by Crippen LogP contribution is 2.26. The van der Waals surface area contributed by atoms with Gasteiger partial charge in [0, 0.05) is 4.47 Å². The minimum atomic E-state index is -1.05. The Balaban J connectivity index is 2.43. The van der Waals surface area contributed by atoms with Gasteiger partial charge in [0.25, 0.3) is 0 Å². The van der Waals surface area contributed by atoms with E-state index in [0.29, 0.717) is 21.2 Å². The van der Waals surface area contributed by atoms with Crippen LogP contribution in [0.1, 0.15) is 22.8 Å². The molecule has 0 bridgehead atoms. The second kappa shape index (κ2) is 5.16. The average Bonchev–Trinajstić information content (AvgIpc) is 2.25. The Kier molecular flexibility index (Phi) is 3.78. The molecular formula is C14H11BrF2O. The molecule has 1 nitrogen and oxygen atoms in total. The van der Waals surface area contributed by atoms with E-state index in [2.05, 4.69) is 15.9 Å². The van der Waals surface area contributed by atoms with Crippen LogP contribution in [0.5, 0.6) is 0 Å². The minimum absolute atomic E-state index is 0.381. The van der Waals surface area contributed by atoms with Gasteiger partial charge in [-0.3, -0.25) is 0 Å². The van der Waals surface area contributed by atoms with Crippen LogP contribution in [0.15, 0.2) is 40.9 Å². The largest absolute Gasteiger partial charge is 0.384 e. The fraction of sp³-hybridized carbons (Fsp3) is 0.143. The molecule has 0 aliphatic heterocycles. The van der Waals surface area contributed by atoms with Crippen molar-refractivity contribution in [2.75, 3.05) is 0 Å². The molecule has 2 aromatic rings. The van der Waals surface area contributed by atoms with E-state index in [0.717, 1.165) is 0 Å². The fourth-order valence-electron chi connectivity index (χ4n) is 1.85. The lowest BCUT2D eigenvalue weighted by Gasteiger charge is -2.13. The first-order valence-electron chi connectivity index (χ1n) is 5.37. The molecule has 18 heavy (non-hydrogen) atoms. The van der Waals surface area contributed by atoms with Crippen LogP contribution in [0.25, 0.3) is 0 Å². The number of rotatable bonds is 2. The maximum atomic E-state index is 13.3. The summed E-state index contributed by atoms with van der Waals surface area (Å²) in [5.74, 6) is -0.869. The van der Waals surface area contributed by atoms with Gasteiger partial charge in [-0.15, -0.1) is 0 Å². The highest BCUT2D eigenvalue weighted by molar-refractivity contribution is 9.10. The third kappa shape index (κ3) is 2.94. The number of benzene rings is 2. The normalized spacial score (nSPS) is 12.5. The molecule has 1 N–H and O–H groups in total. The summed E-state index contributed by atoms with van der Waals surface area (Å²) in [6.45, 7) is 1.74. The average molecular weight is 313 g/mol. The lowest BCUT2D eigenvalue weighted by atomic mass is 10.00. The molecule has 1 atom stereocenters. The second-order valence-corrected chi connectivity index (χ2v) is 5.08. The Morgan fingerprint density at radius 2 is 1.50 bits per heavy atom. The molecule has 0 fully saturated rings. The smallest absolute Gasteiger partial charge is 0.124 e. The van der Waals surface area contributed by atoms with E-state index >= 15 is 0 Å². The number of aliphatic hydroxyl groups is 1. The van der Waals surface area contributed by atoms with Crippen molar-refractivity contribution in [3.05, 3.63) is 69.2 Å². The zero-order chi connectivity index (χ0) is 13.3. The third-order valence-electron chi connectivity index (χ3n) is 2.58. The van der Waals surface area contributed by atoms with Gasteiger partial charge in [0.05, 0.1) is 0 Å². The van der Waals surface area contributed by atoms with Crippen LogP contribution in [0.2, 0.25) is 0 Å². The summed E-state index contributed by atoms with van der Waals surface area (Å²) in [6, 6.07) is 8.43.